The Bertz CT molecular complexity index is 1320. The van der Waals surface area contributed by atoms with Crippen molar-refractivity contribution in [2.45, 2.75) is 6.54 Å². The molecule has 3 aromatic heterocycles. The summed E-state index contributed by atoms with van der Waals surface area (Å²) in [6.07, 6.45) is 1.76. The van der Waals surface area contributed by atoms with Gasteiger partial charge in [0.2, 0.25) is 0 Å². The minimum Gasteiger partial charge on any atom is -0.497 e. The van der Waals surface area contributed by atoms with Crippen molar-refractivity contribution >= 4 is 27.4 Å². The van der Waals surface area contributed by atoms with E-state index in [1.807, 2.05) is 54.6 Å². The lowest BCUT2D eigenvalue weighted by molar-refractivity contribution is 0.414. The summed E-state index contributed by atoms with van der Waals surface area (Å²) in [6.45, 7) is 0.620. The van der Waals surface area contributed by atoms with E-state index < -0.39 is 0 Å². The standard InChI is InChI=1S/C25H20N4OS/c1-30-19-11-7-8-17(14-19)15-27-24-22-20(18-9-3-2-4-10-18)16-31-25(22)29-23(28-24)21-12-5-6-13-26-21/h2-14,16H,15H2,1H3,(H,27,28,29). The van der Waals surface area contributed by atoms with E-state index in [0.717, 1.165) is 44.2 Å². The van der Waals surface area contributed by atoms with E-state index in [0.29, 0.717) is 12.4 Å². The van der Waals surface area contributed by atoms with Crippen LogP contribution in [0, 0.1) is 0 Å². The monoisotopic (exact) mass is 424 g/mol. The molecule has 2 aromatic carbocycles. The molecule has 0 aliphatic rings. The number of nitrogens with one attached hydrogen (secondary N) is 1. The minimum absolute atomic E-state index is 0.614. The van der Waals surface area contributed by atoms with Crippen molar-refractivity contribution in [3.63, 3.8) is 0 Å². The van der Waals surface area contributed by atoms with Crippen LogP contribution >= 0.6 is 11.3 Å². The number of rotatable bonds is 6. The summed E-state index contributed by atoms with van der Waals surface area (Å²) in [5.74, 6) is 2.25. The second-order valence-electron chi connectivity index (χ2n) is 7.01. The van der Waals surface area contributed by atoms with Crippen LogP contribution in [0.25, 0.3) is 32.9 Å². The van der Waals surface area contributed by atoms with E-state index in [9.17, 15) is 0 Å². The summed E-state index contributed by atoms with van der Waals surface area (Å²) in [6, 6.07) is 24.1. The number of anilines is 1. The lowest BCUT2D eigenvalue weighted by atomic mass is 10.1. The van der Waals surface area contributed by atoms with Crippen LogP contribution in [0.15, 0.2) is 84.4 Å². The average molecular weight is 425 g/mol. The first-order valence-corrected chi connectivity index (χ1v) is 10.8. The predicted molar refractivity (Wildman–Crippen MR) is 126 cm³/mol. The van der Waals surface area contributed by atoms with Gasteiger partial charge in [-0.2, -0.15) is 0 Å². The molecule has 0 unspecified atom stereocenters. The van der Waals surface area contributed by atoms with Gasteiger partial charge in [0.15, 0.2) is 5.82 Å². The molecular formula is C25H20N4OS. The number of nitrogens with zero attached hydrogens (tertiary/aromatic N) is 3. The highest BCUT2D eigenvalue weighted by molar-refractivity contribution is 7.17. The Morgan fingerprint density at radius 2 is 1.81 bits per heavy atom. The molecule has 5 nitrogen and oxygen atoms in total. The summed E-state index contributed by atoms with van der Waals surface area (Å²) >= 11 is 1.62. The van der Waals surface area contributed by atoms with Crippen LogP contribution < -0.4 is 10.1 Å². The van der Waals surface area contributed by atoms with Gasteiger partial charge in [0, 0.05) is 23.7 Å². The molecule has 0 spiro atoms. The first kappa shape index (κ1) is 19.2. The molecule has 0 amide bonds. The second kappa shape index (κ2) is 8.53. The zero-order chi connectivity index (χ0) is 21.0. The third-order valence-corrected chi connectivity index (χ3v) is 5.88. The van der Waals surface area contributed by atoms with Crippen molar-refractivity contribution in [2.24, 2.45) is 0 Å². The number of pyridine rings is 1. The molecule has 0 atom stereocenters. The predicted octanol–water partition coefficient (Wildman–Crippen LogP) is 6.04. The molecule has 5 rings (SSSR count). The fourth-order valence-electron chi connectivity index (χ4n) is 3.48. The van der Waals surface area contributed by atoms with Crippen molar-refractivity contribution in [1.29, 1.82) is 0 Å². The average Bonchev–Trinajstić information content (AvgIpc) is 3.28. The summed E-state index contributed by atoms with van der Waals surface area (Å²) in [4.78, 5) is 15.1. The van der Waals surface area contributed by atoms with Crippen LogP contribution in [0.5, 0.6) is 5.75 Å². The van der Waals surface area contributed by atoms with Crippen LogP contribution in [0.1, 0.15) is 5.56 Å². The number of ether oxygens (including phenoxy) is 1. The first-order chi connectivity index (χ1) is 15.3. The van der Waals surface area contributed by atoms with Gasteiger partial charge in [0.1, 0.15) is 22.1 Å². The maximum atomic E-state index is 5.36. The molecule has 5 aromatic rings. The number of aromatic nitrogens is 3. The molecule has 0 saturated carbocycles. The van der Waals surface area contributed by atoms with Crippen LogP contribution in [-0.2, 0) is 6.54 Å². The topological polar surface area (TPSA) is 59.9 Å². The molecular weight excluding hydrogens is 404 g/mol. The lowest BCUT2D eigenvalue weighted by Crippen LogP contribution is -2.04. The maximum absolute atomic E-state index is 5.36. The molecule has 6 heteroatoms. The van der Waals surface area contributed by atoms with E-state index in [4.69, 9.17) is 14.7 Å². The Labute approximate surface area is 184 Å². The first-order valence-electron chi connectivity index (χ1n) is 9.94. The van der Waals surface area contributed by atoms with Gasteiger partial charge < -0.3 is 10.1 Å². The van der Waals surface area contributed by atoms with Crippen molar-refractivity contribution < 1.29 is 4.74 Å². The van der Waals surface area contributed by atoms with E-state index in [1.165, 1.54) is 0 Å². The summed E-state index contributed by atoms with van der Waals surface area (Å²) < 4.78 is 5.36. The Morgan fingerprint density at radius 3 is 2.61 bits per heavy atom. The minimum atomic E-state index is 0.614. The summed E-state index contributed by atoms with van der Waals surface area (Å²) in [7, 11) is 1.68. The normalized spacial score (nSPS) is 10.9. The van der Waals surface area contributed by atoms with Gasteiger partial charge >= 0.3 is 0 Å². The molecule has 0 radical (unpaired) electrons. The second-order valence-corrected chi connectivity index (χ2v) is 7.87. The number of hydrogen-bond donors (Lipinski definition) is 1. The number of fused-ring (bicyclic) bond motifs is 1. The van der Waals surface area contributed by atoms with Crippen molar-refractivity contribution in [3.05, 3.63) is 89.9 Å². The zero-order valence-electron chi connectivity index (χ0n) is 16.9. The van der Waals surface area contributed by atoms with Gasteiger partial charge in [-0.15, -0.1) is 11.3 Å². The van der Waals surface area contributed by atoms with E-state index in [1.54, 1.807) is 24.6 Å². The molecule has 152 valence electrons. The smallest absolute Gasteiger partial charge is 0.181 e. The van der Waals surface area contributed by atoms with Gasteiger partial charge in [0.05, 0.1) is 12.5 Å². The quantitative estimate of drug-likeness (QED) is 0.360. The third-order valence-electron chi connectivity index (χ3n) is 5.01. The fraction of sp³-hybridized carbons (Fsp3) is 0.0800. The zero-order valence-corrected chi connectivity index (χ0v) is 17.8. The highest BCUT2D eigenvalue weighted by Gasteiger charge is 2.16. The molecule has 31 heavy (non-hydrogen) atoms. The Kier molecular flexibility index (Phi) is 5.29. The number of hydrogen-bond acceptors (Lipinski definition) is 6. The summed E-state index contributed by atoms with van der Waals surface area (Å²) in [5, 5.41) is 6.71. The largest absolute Gasteiger partial charge is 0.497 e. The highest BCUT2D eigenvalue weighted by atomic mass is 32.1. The molecule has 1 N–H and O–H groups in total. The third kappa shape index (κ3) is 3.98. The number of thiophene rings is 1. The Morgan fingerprint density at radius 1 is 0.935 bits per heavy atom. The van der Waals surface area contributed by atoms with Crippen LogP contribution in [-0.4, -0.2) is 22.1 Å². The molecule has 0 fully saturated rings. The molecule has 0 aliphatic carbocycles. The van der Waals surface area contributed by atoms with Gasteiger partial charge in [-0.1, -0.05) is 48.5 Å². The fourth-order valence-corrected chi connectivity index (χ4v) is 4.42. The number of methoxy groups -OCH3 is 1. The molecule has 0 bridgehead atoms. The van der Waals surface area contributed by atoms with E-state index in [2.05, 4.69) is 33.9 Å². The van der Waals surface area contributed by atoms with Crippen molar-refractivity contribution in [3.8, 4) is 28.4 Å². The van der Waals surface area contributed by atoms with E-state index >= 15 is 0 Å². The Balaban J connectivity index is 1.61. The van der Waals surface area contributed by atoms with Crippen molar-refractivity contribution in [1.82, 2.24) is 15.0 Å². The molecule has 0 saturated heterocycles. The van der Waals surface area contributed by atoms with Crippen LogP contribution in [0.3, 0.4) is 0 Å². The van der Waals surface area contributed by atoms with Crippen LogP contribution in [0.2, 0.25) is 0 Å². The highest BCUT2D eigenvalue weighted by Crippen LogP contribution is 2.38. The Hall–Kier alpha value is -3.77. The van der Waals surface area contributed by atoms with Gasteiger partial charge in [-0.3, -0.25) is 4.98 Å². The SMILES string of the molecule is COc1cccc(CNc2nc(-c3ccccn3)nc3scc(-c4ccccc4)c23)c1. The van der Waals surface area contributed by atoms with Crippen LogP contribution in [0.4, 0.5) is 5.82 Å². The summed E-state index contributed by atoms with van der Waals surface area (Å²) in [5.41, 5.74) is 4.14. The molecule has 0 aliphatic heterocycles. The van der Waals surface area contributed by atoms with E-state index in [-0.39, 0.29) is 0 Å². The lowest BCUT2D eigenvalue weighted by Gasteiger charge is -2.11. The van der Waals surface area contributed by atoms with Gasteiger partial charge in [-0.25, -0.2) is 9.97 Å². The van der Waals surface area contributed by atoms with Gasteiger partial charge in [0.25, 0.3) is 0 Å². The number of benzene rings is 2. The maximum Gasteiger partial charge on any atom is 0.181 e. The van der Waals surface area contributed by atoms with Gasteiger partial charge in [-0.05, 0) is 35.4 Å². The molecule has 3 heterocycles. The van der Waals surface area contributed by atoms with Crippen molar-refractivity contribution in [2.75, 3.05) is 12.4 Å².